The molecule has 4 heteroatoms. The van der Waals surface area contributed by atoms with Crippen molar-refractivity contribution in [1.82, 2.24) is 15.5 Å². The number of hydrogen-bond donors (Lipinski definition) is 2. The first-order valence-electron chi connectivity index (χ1n) is 7.16. The highest BCUT2D eigenvalue weighted by molar-refractivity contribution is 5.59. The smallest absolute Gasteiger partial charge is 0.148 e. The molecule has 104 valence electrons. The molecule has 1 aliphatic heterocycles. The second-order valence-electron chi connectivity index (χ2n) is 5.41. The molecular formula is C16H20N4. The molecule has 1 fully saturated rings. The predicted octanol–water partition coefficient (Wildman–Crippen LogP) is 2.47. The average molecular weight is 268 g/mol. The molecule has 1 saturated heterocycles. The summed E-state index contributed by atoms with van der Waals surface area (Å²) in [6, 6.07) is 12.4. The molecule has 0 spiro atoms. The molecule has 0 amide bonds. The first-order chi connectivity index (χ1) is 9.81. The van der Waals surface area contributed by atoms with Crippen molar-refractivity contribution >= 4 is 5.82 Å². The first kappa shape index (κ1) is 13.1. The minimum absolute atomic E-state index is 0.702. The van der Waals surface area contributed by atoms with Crippen molar-refractivity contribution in [3.8, 4) is 11.3 Å². The summed E-state index contributed by atoms with van der Waals surface area (Å²) < 4.78 is 0. The zero-order valence-corrected chi connectivity index (χ0v) is 11.8. The Kier molecular flexibility index (Phi) is 3.92. The third-order valence-corrected chi connectivity index (χ3v) is 3.75. The van der Waals surface area contributed by atoms with Crippen molar-refractivity contribution < 1.29 is 0 Å². The monoisotopic (exact) mass is 268 g/mol. The molecule has 1 aromatic carbocycles. The standard InChI is InChI=1S/C16H20N4/c1-12-2-4-14(5-3-12)15-6-7-16(20-19-15)18-11-13-8-9-17-10-13/h2-7,13,17H,8-11H2,1H3,(H,18,20). The summed E-state index contributed by atoms with van der Waals surface area (Å²) >= 11 is 0. The van der Waals surface area contributed by atoms with Crippen LogP contribution >= 0.6 is 0 Å². The lowest BCUT2D eigenvalue weighted by molar-refractivity contribution is 0.613. The van der Waals surface area contributed by atoms with Crippen LogP contribution in [-0.4, -0.2) is 29.8 Å². The number of rotatable bonds is 4. The summed E-state index contributed by atoms with van der Waals surface area (Å²) in [5.41, 5.74) is 3.28. The van der Waals surface area contributed by atoms with Crippen LogP contribution < -0.4 is 10.6 Å². The molecule has 4 nitrogen and oxygen atoms in total. The van der Waals surface area contributed by atoms with Gasteiger partial charge in [0.25, 0.3) is 0 Å². The van der Waals surface area contributed by atoms with Crippen molar-refractivity contribution in [2.75, 3.05) is 25.0 Å². The van der Waals surface area contributed by atoms with Gasteiger partial charge in [0.2, 0.25) is 0 Å². The third kappa shape index (κ3) is 3.14. The van der Waals surface area contributed by atoms with E-state index in [1.54, 1.807) is 0 Å². The van der Waals surface area contributed by atoms with Gasteiger partial charge in [-0.3, -0.25) is 0 Å². The Labute approximate surface area is 119 Å². The van der Waals surface area contributed by atoms with E-state index in [0.29, 0.717) is 5.92 Å². The Hall–Kier alpha value is -1.94. The molecule has 2 N–H and O–H groups in total. The van der Waals surface area contributed by atoms with Gasteiger partial charge in [-0.25, -0.2) is 0 Å². The van der Waals surface area contributed by atoms with Crippen LogP contribution in [0.2, 0.25) is 0 Å². The van der Waals surface area contributed by atoms with Crippen LogP contribution in [0.5, 0.6) is 0 Å². The predicted molar refractivity (Wildman–Crippen MR) is 81.7 cm³/mol. The summed E-state index contributed by atoms with van der Waals surface area (Å²) in [5.74, 6) is 1.56. The molecule has 1 aliphatic rings. The van der Waals surface area contributed by atoms with Gasteiger partial charge < -0.3 is 10.6 Å². The SMILES string of the molecule is Cc1ccc(-c2ccc(NCC3CCNC3)nn2)cc1. The quantitative estimate of drug-likeness (QED) is 0.894. The van der Waals surface area contributed by atoms with E-state index in [4.69, 9.17) is 0 Å². The molecule has 0 saturated carbocycles. The topological polar surface area (TPSA) is 49.8 Å². The molecule has 2 heterocycles. The van der Waals surface area contributed by atoms with E-state index in [-0.39, 0.29) is 0 Å². The lowest BCUT2D eigenvalue weighted by Gasteiger charge is -2.10. The molecular weight excluding hydrogens is 248 g/mol. The molecule has 0 aliphatic carbocycles. The normalized spacial score (nSPS) is 18.1. The van der Waals surface area contributed by atoms with Crippen LogP contribution in [0.4, 0.5) is 5.82 Å². The maximum absolute atomic E-state index is 4.30. The number of nitrogens with zero attached hydrogens (tertiary/aromatic N) is 2. The summed E-state index contributed by atoms with van der Waals surface area (Å²) in [6.07, 6.45) is 1.24. The Balaban J connectivity index is 1.63. The Morgan fingerprint density at radius 3 is 2.65 bits per heavy atom. The van der Waals surface area contributed by atoms with Crippen LogP contribution in [0.1, 0.15) is 12.0 Å². The highest BCUT2D eigenvalue weighted by Gasteiger charge is 2.13. The Morgan fingerprint density at radius 2 is 2.00 bits per heavy atom. The van der Waals surface area contributed by atoms with Crippen molar-refractivity contribution in [2.45, 2.75) is 13.3 Å². The van der Waals surface area contributed by atoms with Gasteiger partial charge in [0, 0.05) is 12.1 Å². The van der Waals surface area contributed by atoms with Crippen LogP contribution in [-0.2, 0) is 0 Å². The fraction of sp³-hybridized carbons (Fsp3) is 0.375. The second-order valence-corrected chi connectivity index (χ2v) is 5.41. The fourth-order valence-electron chi connectivity index (χ4n) is 2.44. The van der Waals surface area contributed by atoms with Crippen molar-refractivity contribution in [1.29, 1.82) is 0 Å². The highest BCUT2D eigenvalue weighted by Crippen LogP contribution is 2.18. The van der Waals surface area contributed by atoms with Crippen LogP contribution in [0.3, 0.4) is 0 Å². The van der Waals surface area contributed by atoms with E-state index < -0.39 is 0 Å². The average Bonchev–Trinajstić information content (AvgIpc) is 3.00. The number of aryl methyl sites for hydroxylation is 1. The van der Waals surface area contributed by atoms with E-state index in [1.807, 2.05) is 12.1 Å². The van der Waals surface area contributed by atoms with Gasteiger partial charge in [-0.1, -0.05) is 29.8 Å². The first-order valence-corrected chi connectivity index (χ1v) is 7.16. The fourth-order valence-corrected chi connectivity index (χ4v) is 2.44. The van der Waals surface area contributed by atoms with Gasteiger partial charge >= 0.3 is 0 Å². The van der Waals surface area contributed by atoms with Gasteiger partial charge in [0.15, 0.2) is 0 Å². The highest BCUT2D eigenvalue weighted by atomic mass is 15.2. The number of anilines is 1. The van der Waals surface area contributed by atoms with Gasteiger partial charge in [0.1, 0.15) is 5.82 Å². The zero-order chi connectivity index (χ0) is 13.8. The van der Waals surface area contributed by atoms with E-state index in [2.05, 4.69) is 52.0 Å². The maximum Gasteiger partial charge on any atom is 0.148 e. The van der Waals surface area contributed by atoms with Gasteiger partial charge in [0.05, 0.1) is 5.69 Å². The van der Waals surface area contributed by atoms with E-state index >= 15 is 0 Å². The second kappa shape index (κ2) is 6.01. The van der Waals surface area contributed by atoms with Gasteiger partial charge in [-0.05, 0) is 44.5 Å². The van der Waals surface area contributed by atoms with E-state index in [0.717, 1.165) is 36.7 Å². The van der Waals surface area contributed by atoms with Crippen molar-refractivity contribution in [2.24, 2.45) is 5.92 Å². The van der Waals surface area contributed by atoms with Crippen LogP contribution in [0, 0.1) is 12.8 Å². The summed E-state index contributed by atoms with van der Waals surface area (Å²) in [6.45, 7) is 5.28. The number of benzene rings is 1. The molecule has 2 aromatic rings. The largest absolute Gasteiger partial charge is 0.368 e. The minimum atomic E-state index is 0.702. The summed E-state index contributed by atoms with van der Waals surface area (Å²) in [7, 11) is 0. The lowest BCUT2D eigenvalue weighted by Crippen LogP contribution is -2.17. The number of aromatic nitrogens is 2. The van der Waals surface area contributed by atoms with Gasteiger partial charge in [-0.2, -0.15) is 0 Å². The Morgan fingerprint density at radius 1 is 1.15 bits per heavy atom. The third-order valence-electron chi connectivity index (χ3n) is 3.75. The number of nitrogens with one attached hydrogen (secondary N) is 2. The lowest BCUT2D eigenvalue weighted by atomic mass is 10.1. The van der Waals surface area contributed by atoms with Crippen molar-refractivity contribution in [3.05, 3.63) is 42.0 Å². The van der Waals surface area contributed by atoms with Crippen LogP contribution in [0.25, 0.3) is 11.3 Å². The van der Waals surface area contributed by atoms with E-state index in [1.165, 1.54) is 12.0 Å². The molecule has 1 unspecified atom stereocenters. The van der Waals surface area contributed by atoms with Crippen molar-refractivity contribution in [3.63, 3.8) is 0 Å². The molecule has 20 heavy (non-hydrogen) atoms. The summed E-state index contributed by atoms with van der Waals surface area (Å²) in [4.78, 5) is 0. The Bertz CT molecular complexity index is 542. The molecule has 1 atom stereocenters. The molecule has 1 aromatic heterocycles. The van der Waals surface area contributed by atoms with Crippen LogP contribution in [0.15, 0.2) is 36.4 Å². The van der Waals surface area contributed by atoms with E-state index in [9.17, 15) is 0 Å². The maximum atomic E-state index is 4.30. The molecule has 0 radical (unpaired) electrons. The molecule has 0 bridgehead atoms. The molecule has 3 rings (SSSR count). The summed E-state index contributed by atoms with van der Waals surface area (Å²) in [5, 5.41) is 15.3. The minimum Gasteiger partial charge on any atom is -0.368 e. The van der Waals surface area contributed by atoms with Gasteiger partial charge in [-0.15, -0.1) is 10.2 Å². The zero-order valence-electron chi connectivity index (χ0n) is 11.8. The number of hydrogen-bond acceptors (Lipinski definition) is 4.